The maximum atomic E-state index is 8.25. The van der Waals surface area contributed by atoms with E-state index in [1.54, 1.807) is 0 Å². The molecule has 1 aromatic rings. The summed E-state index contributed by atoms with van der Waals surface area (Å²) in [4.78, 5) is 3.99. The summed E-state index contributed by atoms with van der Waals surface area (Å²) in [6.07, 6.45) is 5.28. The number of ether oxygens (including phenoxy) is 1. The van der Waals surface area contributed by atoms with Crippen molar-refractivity contribution in [1.29, 1.82) is 0 Å². The van der Waals surface area contributed by atoms with Crippen LogP contribution in [0.5, 0.6) is 0 Å². The molecule has 0 N–H and O–H groups in total. The van der Waals surface area contributed by atoms with Crippen molar-refractivity contribution < 1.29 is 9.84 Å². The largest absolute Gasteiger partial charge is 2.00 e. The third kappa shape index (κ3) is 27.9. The Morgan fingerprint density at radius 2 is 1.32 bits per heavy atom. The Balaban J connectivity index is -0.000000124. The van der Waals surface area contributed by atoms with E-state index in [9.17, 15) is 0 Å². The van der Waals surface area contributed by atoms with Gasteiger partial charge in [-0.25, -0.2) is 4.99 Å². The second-order valence-corrected chi connectivity index (χ2v) is 4.27. The van der Waals surface area contributed by atoms with E-state index in [1.165, 1.54) is 32.8 Å². The van der Waals surface area contributed by atoms with Crippen molar-refractivity contribution in [3.63, 3.8) is 0 Å². The maximum Gasteiger partial charge on any atom is 2.00 e. The summed E-state index contributed by atoms with van der Waals surface area (Å²) in [6.45, 7) is 8.72. The summed E-state index contributed by atoms with van der Waals surface area (Å²) in [5.41, 5.74) is 0.819. The molecule has 5 heteroatoms. The van der Waals surface area contributed by atoms with Gasteiger partial charge in [-0.2, -0.15) is 7.11 Å². The van der Waals surface area contributed by atoms with Crippen LogP contribution < -0.4 is 5.11 Å². The van der Waals surface area contributed by atoms with E-state index in [0.29, 0.717) is 0 Å². The number of methoxy groups -OCH3 is 1. The number of aliphatic imine (C=N–C) groups is 1. The minimum absolute atomic E-state index is 0. The molecular formula is C17H31NO2SSn. The molecule has 0 aromatic heterocycles. The van der Waals surface area contributed by atoms with Crippen LogP contribution in [0.2, 0.25) is 0 Å². The van der Waals surface area contributed by atoms with Crippen LogP contribution >= 0.6 is 0 Å². The van der Waals surface area contributed by atoms with Gasteiger partial charge < -0.3 is 22.5 Å². The summed E-state index contributed by atoms with van der Waals surface area (Å²) in [6, 6.07) is 9.46. The Hall–Kier alpha value is -0.331. The van der Waals surface area contributed by atoms with Crippen molar-refractivity contribution in [2.45, 2.75) is 53.4 Å². The summed E-state index contributed by atoms with van der Waals surface area (Å²) < 4.78 is 4.72. The number of para-hydroxylation sites is 1. The average molecular weight is 432 g/mol. The maximum absolute atomic E-state index is 8.25. The third-order valence-corrected chi connectivity index (χ3v) is 2.41. The molecule has 0 aliphatic carbocycles. The zero-order valence-corrected chi connectivity index (χ0v) is 18.6. The van der Waals surface area contributed by atoms with Gasteiger partial charge in [-0.05, 0) is 12.1 Å². The molecule has 22 heavy (non-hydrogen) atoms. The summed E-state index contributed by atoms with van der Waals surface area (Å²) in [5.74, 6) is 0. The normalized spacial score (nSPS) is 8.59. The zero-order valence-electron chi connectivity index (χ0n) is 14.9. The van der Waals surface area contributed by atoms with Crippen LogP contribution in [-0.4, -0.2) is 43.4 Å². The topological polar surface area (TPSA) is 44.6 Å². The Morgan fingerprint density at radius 1 is 0.955 bits per heavy atom. The number of benzene rings is 1. The van der Waals surface area contributed by atoms with E-state index in [-0.39, 0.29) is 29.1 Å². The van der Waals surface area contributed by atoms with Gasteiger partial charge in [0.1, 0.15) is 0 Å². The van der Waals surface area contributed by atoms with Gasteiger partial charge in [0, 0.05) is 0 Å². The number of unbranched alkanes of at least 4 members (excludes halogenated alkanes) is 2. The van der Waals surface area contributed by atoms with Gasteiger partial charge in [-0.3, -0.25) is 0 Å². The van der Waals surface area contributed by atoms with E-state index in [2.05, 4.69) is 32.7 Å². The van der Waals surface area contributed by atoms with E-state index in [0.717, 1.165) is 12.8 Å². The fourth-order valence-corrected chi connectivity index (χ4v) is 0.759. The van der Waals surface area contributed by atoms with Crippen LogP contribution in [0.25, 0.3) is 0 Å². The van der Waals surface area contributed by atoms with Gasteiger partial charge in [-0.1, -0.05) is 71.6 Å². The fourth-order valence-electron chi connectivity index (χ4n) is 0.654. The molecule has 0 unspecified atom stereocenters. The van der Waals surface area contributed by atoms with Crippen molar-refractivity contribution in [1.82, 2.24) is 0 Å². The van der Waals surface area contributed by atoms with Crippen LogP contribution in [0.1, 0.15) is 53.4 Å². The van der Waals surface area contributed by atoms with Crippen molar-refractivity contribution in [2.24, 2.45) is 4.99 Å². The Bertz CT molecular complexity index is 301. The fraction of sp³-hybridized carbons (Fsp3) is 0.588. The molecule has 0 amide bonds. The Morgan fingerprint density at radius 3 is 1.59 bits per heavy atom. The van der Waals surface area contributed by atoms with Crippen molar-refractivity contribution in [3.05, 3.63) is 30.3 Å². The molecule has 0 aliphatic rings. The van der Waals surface area contributed by atoms with Gasteiger partial charge in [0.15, 0.2) is 0 Å². The molecule has 0 spiro atoms. The minimum atomic E-state index is 0. The Labute approximate surface area is 159 Å². The second-order valence-electron chi connectivity index (χ2n) is 3.92. The second kappa shape index (κ2) is 28.8. The van der Waals surface area contributed by atoms with E-state index >= 15 is 0 Å². The number of hydrogen-bond acceptors (Lipinski definition) is 4. The molecule has 0 atom stereocenters. The molecular weight excluding hydrogens is 401 g/mol. The van der Waals surface area contributed by atoms with Crippen LogP contribution in [0.4, 0.5) is 5.69 Å². The van der Waals surface area contributed by atoms with Crippen molar-refractivity contribution in [2.75, 3.05) is 14.2 Å². The predicted octanol–water partition coefficient (Wildman–Crippen LogP) is 4.08. The SMILES string of the molecule is CCCC.CCCC.COC([S-])=Nc1ccccc1.C[O-].[Sn+2]. The smallest absolute Gasteiger partial charge is 0.857 e. The molecule has 3 nitrogen and oxygen atoms in total. The Kier molecular flexibility index (Phi) is 38.8. The monoisotopic (exact) mass is 433 g/mol. The van der Waals surface area contributed by atoms with Crippen LogP contribution in [-0.2, 0) is 17.4 Å². The first-order chi connectivity index (χ1) is 10.2. The van der Waals surface area contributed by atoms with Crippen molar-refractivity contribution in [3.8, 4) is 0 Å². The van der Waals surface area contributed by atoms with Gasteiger partial charge >= 0.3 is 23.9 Å². The molecule has 1 rings (SSSR count). The van der Waals surface area contributed by atoms with Gasteiger partial charge in [0.2, 0.25) is 0 Å². The summed E-state index contributed by atoms with van der Waals surface area (Å²) in [7, 11) is 2.26. The minimum Gasteiger partial charge on any atom is -0.857 e. The molecule has 0 aliphatic heterocycles. The third-order valence-electron chi connectivity index (χ3n) is 2.15. The predicted molar refractivity (Wildman–Crippen MR) is 101 cm³/mol. The molecule has 126 valence electrons. The van der Waals surface area contributed by atoms with Crippen LogP contribution in [0, 0.1) is 0 Å². The molecule has 0 saturated carbocycles. The molecule has 0 saturated heterocycles. The number of nitrogens with zero attached hydrogens (tertiary/aromatic N) is 1. The molecule has 0 bridgehead atoms. The number of hydrogen-bond donors (Lipinski definition) is 0. The first-order valence-electron chi connectivity index (χ1n) is 7.41. The van der Waals surface area contributed by atoms with Crippen molar-refractivity contribution >= 4 is 47.5 Å². The van der Waals surface area contributed by atoms with E-state index in [1.807, 2.05) is 30.3 Å². The molecule has 1 aromatic carbocycles. The van der Waals surface area contributed by atoms with Gasteiger partial charge in [0.25, 0.3) is 0 Å². The summed E-state index contributed by atoms with van der Waals surface area (Å²) >= 11 is 4.75. The molecule has 2 radical (unpaired) electrons. The van der Waals surface area contributed by atoms with E-state index < -0.39 is 0 Å². The number of rotatable bonds is 3. The zero-order chi connectivity index (χ0) is 16.9. The van der Waals surface area contributed by atoms with Crippen LogP contribution in [0.3, 0.4) is 0 Å². The first kappa shape index (κ1) is 29.7. The van der Waals surface area contributed by atoms with E-state index in [4.69, 9.17) is 22.5 Å². The molecule has 0 fully saturated rings. The van der Waals surface area contributed by atoms with Gasteiger partial charge in [0.05, 0.1) is 18.0 Å². The van der Waals surface area contributed by atoms with Crippen LogP contribution in [0.15, 0.2) is 35.3 Å². The standard InChI is InChI=1S/C8H9NOS.2C4H10.CH3O.Sn/c1-10-8(11)9-7-5-3-2-4-6-7;2*1-3-4-2;1-2;/h2-6H,1H3,(H,9,11);2*3-4H2,1-2H3;1H3;/q;;;-1;+2/p-1. The average Bonchev–Trinajstić information content (AvgIpc) is 2.58. The van der Waals surface area contributed by atoms with Gasteiger partial charge in [-0.15, -0.1) is 0 Å². The quantitative estimate of drug-likeness (QED) is 0.313. The first-order valence-corrected chi connectivity index (χ1v) is 7.82. The molecule has 0 heterocycles. The summed E-state index contributed by atoms with van der Waals surface area (Å²) in [5, 5.41) is 8.51.